The first kappa shape index (κ1) is 14.7. The zero-order chi connectivity index (χ0) is 14.1. The molecule has 0 fully saturated rings. The number of nitrogens with zero attached hydrogens (tertiary/aromatic N) is 1. The van der Waals surface area contributed by atoms with E-state index in [0.29, 0.717) is 17.4 Å². The Balaban J connectivity index is 2.99. The van der Waals surface area contributed by atoms with Crippen LogP contribution in [-0.4, -0.2) is 26.1 Å². The predicted octanol–water partition coefficient (Wildman–Crippen LogP) is 1.08. The summed E-state index contributed by atoms with van der Waals surface area (Å²) in [6.45, 7) is -1.76. The van der Waals surface area contributed by atoms with Gasteiger partial charge < -0.3 is 5.73 Å². The van der Waals surface area contributed by atoms with Crippen molar-refractivity contribution < 1.29 is 26.5 Å². The third-order valence-electron chi connectivity index (χ3n) is 1.64. The molecule has 0 saturated heterocycles. The molecule has 0 amide bonds. The van der Waals surface area contributed by atoms with Crippen LogP contribution in [0.5, 0.6) is 0 Å². The van der Waals surface area contributed by atoms with Crippen LogP contribution in [0.3, 0.4) is 0 Å². The summed E-state index contributed by atoms with van der Waals surface area (Å²) in [4.78, 5) is 9.49. The van der Waals surface area contributed by atoms with Crippen LogP contribution in [0.1, 0.15) is 0 Å². The molecule has 1 heterocycles. The van der Waals surface area contributed by atoms with Crippen LogP contribution in [0, 0.1) is 10.1 Å². The zero-order valence-corrected chi connectivity index (χ0v) is 10.0. The van der Waals surface area contributed by atoms with Gasteiger partial charge >= 0.3 is 11.9 Å². The van der Waals surface area contributed by atoms with Gasteiger partial charge in [-0.25, -0.2) is 13.1 Å². The molecule has 1 rings (SSSR count). The normalized spacial score (nSPS) is 12.6. The highest BCUT2D eigenvalue weighted by Gasteiger charge is 2.32. The van der Waals surface area contributed by atoms with E-state index in [1.165, 1.54) is 4.72 Å². The molecule has 0 spiro atoms. The van der Waals surface area contributed by atoms with Crippen LogP contribution in [0.15, 0.2) is 10.3 Å². The van der Waals surface area contributed by atoms with Gasteiger partial charge in [0.05, 0.1) is 4.92 Å². The Labute approximate surface area is 103 Å². The first-order chi connectivity index (χ1) is 8.03. The summed E-state index contributed by atoms with van der Waals surface area (Å²) in [5.41, 5.74) is 4.52. The third-order valence-corrected chi connectivity index (χ3v) is 4.47. The molecule has 102 valence electrons. The molecule has 0 aliphatic carbocycles. The van der Waals surface area contributed by atoms with Crippen molar-refractivity contribution in [1.29, 1.82) is 0 Å². The number of alkyl halides is 3. The molecule has 3 N–H and O–H groups in total. The first-order valence-corrected chi connectivity index (χ1v) is 6.43. The minimum atomic E-state index is -4.72. The lowest BCUT2D eigenvalue weighted by molar-refractivity contribution is -0.383. The van der Waals surface area contributed by atoms with E-state index < -0.39 is 42.6 Å². The number of nitro groups is 1. The lowest BCUT2D eigenvalue weighted by atomic mass is 10.5. The summed E-state index contributed by atoms with van der Waals surface area (Å²) in [5, 5.41) is 10.0. The summed E-state index contributed by atoms with van der Waals surface area (Å²) in [5.74, 6) is 0. The minimum absolute atomic E-state index is 0.319. The highest BCUT2D eigenvalue weighted by atomic mass is 32.2. The van der Waals surface area contributed by atoms with Gasteiger partial charge in [0.15, 0.2) is 5.00 Å². The molecule has 0 aliphatic heterocycles. The van der Waals surface area contributed by atoms with Gasteiger partial charge in [-0.3, -0.25) is 10.1 Å². The Morgan fingerprint density at radius 2 is 2.06 bits per heavy atom. The van der Waals surface area contributed by atoms with Crippen molar-refractivity contribution in [2.75, 3.05) is 12.3 Å². The average molecular weight is 305 g/mol. The number of rotatable bonds is 4. The van der Waals surface area contributed by atoms with Crippen LogP contribution in [0.4, 0.5) is 23.9 Å². The van der Waals surface area contributed by atoms with Gasteiger partial charge in [0, 0.05) is 6.07 Å². The largest absolute Gasteiger partial charge is 0.402 e. The number of sulfonamides is 1. The van der Waals surface area contributed by atoms with E-state index in [1.54, 1.807) is 0 Å². The number of hydrogen-bond acceptors (Lipinski definition) is 6. The van der Waals surface area contributed by atoms with Gasteiger partial charge in [0.25, 0.3) is 10.0 Å². The Bertz CT molecular complexity index is 565. The van der Waals surface area contributed by atoms with Crippen molar-refractivity contribution in [3.8, 4) is 0 Å². The number of nitrogen functional groups attached to an aromatic ring is 1. The van der Waals surface area contributed by atoms with Crippen LogP contribution < -0.4 is 10.5 Å². The predicted molar refractivity (Wildman–Crippen MR) is 56.6 cm³/mol. The topological polar surface area (TPSA) is 115 Å². The Hall–Kier alpha value is -1.40. The number of thiophene rings is 1. The van der Waals surface area contributed by atoms with E-state index in [2.05, 4.69) is 0 Å². The maximum Gasteiger partial charge on any atom is 0.402 e. The standard InChI is InChI=1S/C6H6F3N3O4S2/c7-6(8,9)2-11-18(15,16)4-1-3(12(13)14)5(10)17-4/h1,11H,2,10H2. The van der Waals surface area contributed by atoms with Crippen molar-refractivity contribution in [3.05, 3.63) is 16.2 Å². The molecule has 0 unspecified atom stereocenters. The van der Waals surface area contributed by atoms with Crippen LogP contribution >= 0.6 is 11.3 Å². The maximum absolute atomic E-state index is 11.9. The lowest BCUT2D eigenvalue weighted by Gasteiger charge is -2.07. The second-order valence-corrected chi connectivity index (χ2v) is 6.09. The highest BCUT2D eigenvalue weighted by Crippen LogP contribution is 2.34. The smallest absolute Gasteiger partial charge is 0.385 e. The second-order valence-electron chi connectivity index (χ2n) is 3.01. The van der Waals surface area contributed by atoms with E-state index in [1.807, 2.05) is 0 Å². The number of nitrogens with one attached hydrogen (secondary N) is 1. The molecule has 1 aromatic heterocycles. The van der Waals surface area contributed by atoms with E-state index in [9.17, 15) is 31.7 Å². The average Bonchev–Trinajstić information content (AvgIpc) is 2.57. The molecule has 12 heteroatoms. The molecule has 7 nitrogen and oxygen atoms in total. The van der Waals surface area contributed by atoms with Crippen molar-refractivity contribution in [1.82, 2.24) is 4.72 Å². The number of nitrogens with two attached hydrogens (primary N) is 1. The molecule has 0 aromatic carbocycles. The summed E-state index contributed by atoms with van der Waals surface area (Å²) in [7, 11) is -4.46. The maximum atomic E-state index is 11.9. The second kappa shape index (κ2) is 4.70. The Morgan fingerprint density at radius 1 is 1.50 bits per heavy atom. The molecule has 0 bridgehead atoms. The Morgan fingerprint density at radius 3 is 2.44 bits per heavy atom. The van der Waals surface area contributed by atoms with Crippen LogP contribution in [-0.2, 0) is 10.0 Å². The summed E-state index contributed by atoms with van der Waals surface area (Å²) >= 11 is 0.319. The van der Waals surface area contributed by atoms with Gasteiger partial charge in [0.2, 0.25) is 0 Å². The Kier molecular flexibility index (Phi) is 3.83. The van der Waals surface area contributed by atoms with Crippen molar-refractivity contribution in [2.24, 2.45) is 0 Å². The minimum Gasteiger partial charge on any atom is -0.385 e. The molecule has 0 atom stereocenters. The van der Waals surface area contributed by atoms with E-state index in [4.69, 9.17) is 5.73 Å². The first-order valence-electron chi connectivity index (χ1n) is 4.13. The fraction of sp³-hybridized carbons (Fsp3) is 0.333. The molecule has 0 radical (unpaired) electrons. The summed E-state index contributed by atoms with van der Waals surface area (Å²) in [6, 6.07) is 0.610. The fourth-order valence-corrected chi connectivity index (χ4v) is 3.17. The number of anilines is 1. The summed E-state index contributed by atoms with van der Waals surface area (Å²) < 4.78 is 59.0. The number of halogens is 3. The third kappa shape index (κ3) is 3.54. The van der Waals surface area contributed by atoms with Crippen molar-refractivity contribution >= 4 is 32.0 Å². The SMILES string of the molecule is Nc1sc(S(=O)(=O)NCC(F)(F)F)cc1[N+](=O)[O-]. The van der Waals surface area contributed by atoms with Gasteiger partial charge in [-0.1, -0.05) is 11.3 Å². The van der Waals surface area contributed by atoms with Gasteiger partial charge in [0.1, 0.15) is 10.8 Å². The van der Waals surface area contributed by atoms with Crippen LogP contribution in [0.2, 0.25) is 0 Å². The molecule has 18 heavy (non-hydrogen) atoms. The zero-order valence-electron chi connectivity index (χ0n) is 8.39. The van der Waals surface area contributed by atoms with E-state index >= 15 is 0 Å². The highest BCUT2D eigenvalue weighted by molar-refractivity contribution is 7.91. The van der Waals surface area contributed by atoms with Gasteiger partial charge in [-0.05, 0) is 0 Å². The van der Waals surface area contributed by atoms with Gasteiger partial charge in [-0.2, -0.15) is 13.2 Å². The van der Waals surface area contributed by atoms with Crippen LogP contribution in [0.25, 0.3) is 0 Å². The monoisotopic (exact) mass is 305 g/mol. The van der Waals surface area contributed by atoms with Crippen molar-refractivity contribution in [2.45, 2.75) is 10.4 Å². The molecule has 0 aliphatic rings. The quantitative estimate of drug-likeness (QED) is 0.638. The molecule has 0 saturated carbocycles. The fourth-order valence-electron chi connectivity index (χ4n) is 0.896. The molecular formula is C6H6F3N3O4S2. The lowest BCUT2D eigenvalue weighted by Crippen LogP contribution is -2.33. The van der Waals surface area contributed by atoms with E-state index in [-0.39, 0.29) is 0 Å². The van der Waals surface area contributed by atoms with Gasteiger partial charge in [-0.15, -0.1) is 0 Å². The molecule has 1 aromatic rings. The number of hydrogen-bond donors (Lipinski definition) is 2. The van der Waals surface area contributed by atoms with Crippen molar-refractivity contribution in [3.63, 3.8) is 0 Å². The molecular weight excluding hydrogens is 299 g/mol. The summed E-state index contributed by atoms with van der Waals surface area (Å²) in [6.07, 6.45) is -4.72. The van der Waals surface area contributed by atoms with E-state index in [0.717, 1.165) is 0 Å².